The van der Waals surface area contributed by atoms with Gasteiger partial charge in [0.05, 0.1) is 0 Å². The molecule has 1 heterocycles. The second-order valence-corrected chi connectivity index (χ2v) is 6.75. The minimum absolute atomic E-state index is 0.390. The summed E-state index contributed by atoms with van der Waals surface area (Å²) in [6.07, 6.45) is 0. The molecule has 130 valence electrons. The second-order valence-electron chi connectivity index (χ2n) is 6.75. The molecule has 0 bridgehead atoms. The van der Waals surface area contributed by atoms with E-state index in [4.69, 9.17) is 9.07 Å². The van der Waals surface area contributed by atoms with Crippen molar-refractivity contribution in [3.05, 3.63) is 78.4 Å². The maximum atomic E-state index is 9.28. The molecular weight excluding hydrogens is 335 g/mol. The van der Waals surface area contributed by atoms with Gasteiger partial charge in [-0.05, 0) is 47.0 Å². The number of furan rings is 1. The molecular formula is C23H17BO3. The molecule has 0 unspecified atom stereocenters. The molecule has 27 heavy (non-hydrogen) atoms. The summed E-state index contributed by atoms with van der Waals surface area (Å²) >= 11 is 0. The van der Waals surface area contributed by atoms with Gasteiger partial charge in [0.15, 0.2) is 5.58 Å². The standard InChI is InChI=1S/C23H17BO3/c1-14-6-8-15(9-7-14)16-10-11-20-19(12-16)22-18-5-3-2-4-17(18)13-21(27-24-25)23(22)26-20/h2-13,24-25H,1H3. The number of benzene rings is 4. The average molecular weight is 352 g/mol. The third-order valence-electron chi connectivity index (χ3n) is 5.03. The Balaban J connectivity index is 1.86. The van der Waals surface area contributed by atoms with Crippen LogP contribution in [-0.4, -0.2) is 12.7 Å². The van der Waals surface area contributed by atoms with Crippen molar-refractivity contribution in [2.75, 3.05) is 0 Å². The summed E-state index contributed by atoms with van der Waals surface area (Å²) in [5, 5.41) is 13.5. The fourth-order valence-electron chi connectivity index (χ4n) is 3.70. The highest BCUT2D eigenvalue weighted by molar-refractivity contribution is 6.23. The minimum atomic E-state index is -0.390. The van der Waals surface area contributed by atoms with Crippen LogP contribution in [0.2, 0.25) is 0 Å². The van der Waals surface area contributed by atoms with E-state index in [0.29, 0.717) is 11.3 Å². The molecule has 3 nitrogen and oxygen atoms in total. The maximum Gasteiger partial charge on any atom is 0.504 e. The topological polar surface area (TPSA) is 42.6 Å². The van der Waals surface area contributed by atoms with E-state index in [1.165, 1.54) is 11.1 Å². The fraction of sp³-hybridized carbons (Fsp3) is 0.0435. The van der Waals surface area contributed by atoms with Gasteiger partial charge >= 0.3 is 7.69 Å². The molecule has 0 amide bonds. The minimum Gasteiger partial charge on any atom is -0.536 e. The van der Waals surface area contributed by atoms with Crippen LogP contribution in [0.1, 0.15) is 5.56 Å². The second kappa shape index (κ2) is 6.18. The molecule has 4 aromatic carbocycles. The zero-order chi connectivity index (χ0) is 18.4. The summed E-state index contributed by atoms with van der Waals surface area (Å²) in [5.74, 6) is 0.555. The zero-order valence-electron chi connectivity index (χ0n) is 14.9. The Hall–Kier alpha value is -3.24. The normalized spacial score (nSPS) is 11.3. The van der Waals surface area contributed by atoms with Gasteiger partial charge in [-0.2, -0.15) is 0 Å². The molecule has 0 saturated carbocycles. The highest BCUT2D eigenvalue weighted by atomic mass is 16.5. The number of hydrogen-bond donors (Lipinski definition) is 1. The Morgan fingerprint density at radius 2 is 1.63 bits per heavy atom. The number of fused-ring (bicyclic) bond motifs is 5. The van der Waals surface area contributed by atoms with Gasteiger partial charge in [0.1, 0.15) is 11.3 Å². The first-order chi connectivity index (χ1) is 13.2. The van der Waals surface area contributed by atoms with Crippen molar-refractivity contribution >= 4 is 40.4 Å². The summed E-state index contributed by atoms with van der Waals surface area (Å²) < 4.78 is 11.6. The lowest BCUT2D eigenvalue weighted by molar-refractivity contribution is 0.451. The monoisotopic (exact) mass is 352 g/mol. The third kappa shape index (κ3) is 2.57. The SMILES string of the molecule is Cc1ccc(-c2ccc3oc4c(OBO)cc5ccccc5c4c3c2)cc1. The Morgan fingerprint density at radius 1 is 0.852 bits per heavy atom. The van der Waals surface area contributed by atoms with Crippen molar-refractivity contribution in [1.29, 1.82) is 0 Å². The molecule has 0 radical (unpaired) electrons. The average Bonchev–Trinajstić information content (AvgIpc) is 3.08. The van der Waals surface area contributed by atoms with Crippen LogP contribution in [0, 0.1) is 6.92 Å². The van der Waals surface area contributed by atoms with Crippen LogP contribution in [0.5, 0.6) is 5.75 Å². The van der Waals surface area contributed by atoms with Gasteiger partial charge in [0.25, 0.3) is 0 Å². The first-order valence-corrected chi connectivity index (χ1v) is 8.93. The van der Waals surface area contributed by atoms with Gasteiger partial charge in [-0.1, -0.05) is 60.2 Å². The van der Waals surface area contributed by atoms with Crippen molar-refractivity contribution in [1.82, 2.24) is 0 Å². The summed E-state index contributed by atoms with van der Waals surface area (Å²) in [6, 6.07) is 24.8. The van der Waals surface area contributed by atoms with Gasteiger partial charge in [0.2, 0.25) is 0 Å². The van der Waals surface area contributed by atoms with E-state index in [0.717, 1.165) is 32.7 Å². The van der Waals surface area contributed by atoms with Gasteiger partial charge < -0.3 is 14.1 Å². The molecule has 0 spiro atoms. The fourth-order valence-corrected chi connectivity index (χ4v) is 3.70. The van der Waals surface area contributed by atoms with Crippen LogP contribution in [0.15, 0.2) is 77.2 Å². The molecule has 1 N–H and O–H groups in total. The first-order valence-electron chi connectivity index (χ1n) is 8.93. The highest BCUT2D eigenvalue weighted by Crippen LogP contribution is 2.41. The van der Waals surface area contributed by atoms with Gasteiger partial charge in [0, 0.05) is 10.8 Å². The molecule has 1 aromatic heterocycles. The van der Waals surface area contributed by atoms with E-state index < -0.39 is 0 Å². The quantitative estimate of drug-likeness (QED) is 0.445. The van der Waals surface area contributed by atoms with Crippen molar-refractivity contribution in [2.45, 2.75) is 6.92 Å². The maximum absolute atomic E-state index is 9.28. The lowest BCUT2D eigenvalue weighted by Gasteiger charge is -2.06. The number of aryl methyl sites for hydroxylation is 1. The summed E-state index contributed by atoms with van der Waals surface area (Å²) in [5.41, 5.74) is 5.02. The molecule has 5 aromatic rings. The summed E-state index contributed by atoms with van der Waals surface area (Å²) in [6.45, 7) is 2.09. The Kier molecular flexibility index (Phi) is 3.66. The lowest BCUT2D eigenvalue weighted by atomic mass is 9.99. The largest absolute Gasteiger partial charge is 0.536 e. The van der Waals surface area contributed by atoms with Crippen LogP contribution in [-0.2, 0) is 0 Å². The number of hydrogen-bond acceptors (Lipinski definition) is 3. The Labute approximate surface area is 157 Å². The van der Waals surface area contributed by atoms with E-state index in [9.17, 15) is 5.02 Å². The van der Waals surface area contributed by atoms with Gasteiger partial charge in [-0.3, -0.25) is 0 Å². The van der Waals surface area contributed by atoms with E-state index in [1.807, 2.05) is 30.3 Å². The Morgan fingerprint density at radius 3 is 2.44 bits per heavy atom. The molecule has 0 saturated heterocycles. The molecule has 0 fully saturated rings. The molecule has 0 aliphatic heterocycles. The van der Waals surface area contributed by atoms with E-state index in [-0.39, 0.29) is 7.69 Å². The summed E-state index contributed by atoms with van der Waals surface area (Å²) in [4.78, 5) is 0. The van der Waals surface area contributed by atoms with E-state index >= 15 is 0 Å². The highest BCUT2D eigenvalue weighted by Gasteiger charge is 2.16. The van der Waals surface area contributed by atoms with Crippen molar-refractivity contribution in [2.24, 2.45) is 0 Å². The number of rotatable bonds is 3. The van der Waals surface area contributed by atoms with Crippen LogP contribution in [0.4, 0.5) is 0 Å². The van der Waals surface area contributed by atoms with Crippen LogP contribution in [0.25, 0.3) is 43.8 Å². The predicted octanol–water partition coefficient (Wildman–Crippen LogP) is 5.35. The van der Waals surface area contributed by atoms with Crippen molar-refractivity contribution in [3.8, 4) is 16.9 Å². The van der Waals surface area contributed by atoms with E-state index in [1.54, 1.807) is 0 Å². The third-order valence-corrected chi connectivity index (χ3v) is 5.03. The molecule has 0 aliphatic rings. The summed E-state index contributed by atoms with van der Waals surface area (Å²) in [7, 11) is -0.390. The molecule has 5 rings (SSSR count). The van der Waals surface area contributed by atoms with Crippen LogP contribution in [0.3, 0.4) is 0 Å². The first kappa shape index (κ1) is 16.0. The van der Waals surface area contributed by atoms with Crippen molar-refractivity contribution < 1.29 is 14.1 Å². The molecule has 0 aliphatic carbocycles. The zero-order valence-corrected chi connectivity index (χ0v) is 14.9. The molecule has 4 heteroatoms. The van der Waals surface area contributed by atoms with E-state index in [2.05, 4.69) is 49.4 Å². The van der Waals surface area contributed by atoms with Gasteiger partial charge in [-0.15, -0.1) is 0 Å². The van der Waals surface area contributed by atoms with Crippen LogP contribution < -0.4 is 4.65 Å². The van der Waals surface area contributed by atoms with Crippen molar-refractivity contribution in [3.63, 3.8) is 0 Å². The molecule has 0 atom stereocenters. The smallest absolute Gasteiger partial charge is 0.504 e. The predicted molar refractivity (Wildman–Crippen MR) is 111 cm³/mol. The Bertz CT molecular complexity index is 1290. The van der Waals surface area contributed by atoms with Gasteiger partial charge in [-0.25, -0.2) is 0 Å². The van der Waals surface area contributed by atoms with Crippen LogP contribution >= 0.6 is 0 Å². The lowest BCUT2D eigenvalue weighted by Crippen LogP contribution is -1.99.